The maximum atomic E-state index is 12.5. The Balaban J connectivity index is 1.42. The third-order valence-corrected chi connectivity index (χ3v) is 6.90. The minimum absolute atomic E-state index is 0.427. The summed E-state index contributed by atoms with van der Waals surface area (Å²) in [7, 11) is 0. The smallest absolute Gasteiger partial charge is 0.292 e. The van der Waals surface area contributed by atoms with Crippen molar-refractivity contribution in [1.29, 1.82) is 0 Å². The molecule has 0 spiro atoms. The second-order valence-electron chi connectivity index (χ2n) is 9.28. The molecule has 1 aromatic heterocycles. The number of aromatic nitrogens is 1. The number of nitrogens with one attached hydrogen (secondary N) is 2. The first-order valence-electron chi connectivity index (χ1n) is 13.2. The Morgan fingerprint density at radius 2 is 1.30 bits per heavy atom. The highest BCUT2D eigenvalue weighted by Gasteiger charge is 2.19. The lowest BCUT2D eigenvalue weighted by atomic mass is 10.0. The van der Waals surface area contributed by atoms with Crippen molar-refractivity contribution >= 4 is 38.5 Å². The first-order valence-corrected chi connectivity index (χ1v) is 14.0. The Bertz CT molecular complexity index is 830. The van der Waals surface area contributed by atoms with Crippen LogP contribution in [0.5, 0.6) is 0 Å². The number of halogens is 1. The predicted molar refractivity (Wildman–Crippen MR) is 143 cm³/mol. The molecule has 1 heterocycles. The van der Waals surface area contributed by atoms with Gasteiger partial charge in [0, 0.05) is 28.1 Å². The van der Waals surface area contributed by atoms with Crippen molar-refractivity contribution < 1.29 is 9.59 Å². The molecule has 2 N–H and O–H groups in total. The molecule has 0 aliphatic carbocycles. The number of fused-ring (bicyclic) bond motifs is 1. The van der Waals surface area contributed by atoms with Crippen molar-refractivity contribution in [1.82, 2.24) is 10.3 Å². The van der Waals surface area contributed by atoms with Gasteiger partial charge < -0.3 is 10.3 Å². The van der Waals surface area contributed by atoms with Crippen LogP contribution in [0.25, 0.3) is 10.9 Å². The molecular formula is C28H43BrN2O2. The van der Waals surface area contributed by atoms with E-state index in [1.807, 2.05) is 18.2 Å². The van der Waals surface area contributed by atoms with Gasteiger partial charge in [0.1, 0.15) is 0 Å². The van der Waals surface area contributed by atoms with Crippen molar-refractivity contribution in [2.75, 3.05) is 6.54 Å². The number of carbonyl (C=O) groups excluding carboxylic acids is 2. The molecule has 1 aromatic carbocycles. The first-order chi connectivity index (χ1) is 16.1. The van der Waals surface area contributed by atoms with E-state index in [9.17, 15) is 9.59 Å². The Morgan fingerprint density at radius 3 is 1.85 bits per heavy atom. The van der Waals surface area contributed by atoms with Gasteiger partial charge in [-0.3, -0.25) is 9.59 Å². The third-order valence-electron chi connectivity index (χ3n) is 6.41. The second kappa shape index (κ2) is 16.9. The van der Waals surface area contributed by atoms with Crippen molar-refractivity contribution in [2.24, 2.45) is 0 Å². The Labute approximate surface area is 208 Å². The number of Topliss-reactive ketones (excluding diaryl/α,β-unsaturated/α-hetero) is 1. The molecule has 0 bridgehead atoms. The molecule has 2 rings (SSSR count). The summed E-state index contributed by atoms with van der Waals surface area (Å²) in [4.78, 5) is 27.8. The van der Waals surface area contributed by atoms with E-state index in [2.05, 4.69) is 33.2 Å². The minimum atomic E-state index is -0.517. The number of aromatic amines is 1. The van der Waals surface area contributed by atoms with Crippen LogP contribution in [-0.4, -0.2) is 23.2 Å². The van der Waals surface area contributed by atoms with E-state index in [-0.39, 0.29) is 0 Å². The van der Waals surface area contributed by atoms with Crippen LogP contribution >= 0.6 is 15.9 Å². The van der Waals surface area contributed by atoms with Gasteiger partial charge in [-0.15, -0.1) is 0 Å². The molecular weight excluding hydrogens is 476 g/mol. The highest BCUT2D eigenvalue weighted by Crippen LogP contribution is 2.23. The van der Waals surface area contributed by atoms with Crippen molar-refractivity contribution in [3.63, 3.8) is 0 Å². The maximum Gasteiger partial charge on any atom is 0.292 e. The lowest BCUT2D eigenvalue weighted by molar-refractivity contribution is -0.117. The summed E-state index contributed by atoms with van der Waals surface area (Å²) in [6.07, 6.45) is 22.8. The molecule has 0 aliphatic rings. The molecule has 0 aliphatic heterocycles. The monoisotopic (exact) mass is 518 g/mol. The van der Waals surface area contributed by atoms with Crippen LogP contribution in [0.15, 0.2) is 28.9 Å². The SMILES string of the molecule is CCCCCCCCCCCCCCCCCCNC(=O)C(=O)c1c[nH]c2ccc(Br)cc12. The second-order valence-corrected chi connectivity index (χ2v) is 10.2. The lowest BCUT2D eigenvalue weighted by Crippen LogP contribution is -2.31. The first kappa shape index (κ1) is 27.6. The minimum Gasteiger partial charge on any atom is -0.360 e. The van der Waals surface area contributed by atoms with E-state index in [1.54, 1.807) is 6.20 Å². The zero-order valence-electron chi connectivity index (χ0n) is 20.5. The Kier molecular flexibility index (Phi) is 14.2. The predicted octanol–water partition coefficient (Wildman–Crippen LogP) is 8.49. The van der Waals surface area contributed by atoms with Gasteiger partial charge in [-0.25, -0.2) is 0 Å². The normalized spacial score (nSPS) is 11.2. The number of H-pyrrole nitrogens is 1. The molecule has 33 heavy (non-hydrogen) atoms. The fourth-order valence-electron chi connectivity index (χ4n) is 4.36. The molecule has 0 saturated carbocycles. The largest absolute Gasteiger partial charge is 0.360 e. The van der Waals surface area contributed by atoms with Crippen molar-refractivity contribution in [3.05, 3.63) is 34.4 Å². The van der Waals surface area contributed by atoms with Crippen LogP contribution in [0.3, 0.4) is 0 Å². The van der Waals surface area contributed by atoms with Gasteiger partial charge in [0.25, 0.3) is 11.7 Å². The average Bonchev–Trinajstić information content (AvgIpc) is 3.23. The van der Waals surface area contributed by atoms with Gasteiger partial charge in [-0.1, -0.05) is 119 Å². The fraction of sp³-hybridized carbons (Fsp3) is 0.643. The van der Waals surface area contributed by atoms with Crippen LogP contribution in [0.4, 0.5) is 0 Å². The molecule has 0 radical (unpaired) electrons. The molecule has 0 unspecified atom stereocenters. The summed E-state index contributed by atoms with van der Waals surface area (Å²) in [5, 5.41) is 3.56. The van der Waals surface area contributed by atoms with Crippen LogP contribution in [-0.2, 0) is 4.79 Å². The van der Waals surface area contributed by atoms with Gasteiger partial charge in [-0.05, 0) is 24.6 Å². The topological polar surface area (TPSA) is 62.0 Å². The van der Waals surface area contributed by atoms with E-state index in [4.69, 9.17) is 0 Å². The summed E-state index contributed by atoms with van der Waals surface area (Å²) in [5.41, 5.74) is 1.28. The average molecular weight is 520 g/mol. The Hall–Kier alpha value is -1.62. The molecule has 4 nitrogen and oxygen atoms in total. The lowest BCUT2D eigenvalue weighted by Gasteiger charge is -2.05. The van der Waals surface area contributed by atoms with E-state index in [0.29, 0.717) is 12.1 Å². The van der Waals surface area contributed by atoms with Gasteiger partial charge in [0.2, 0.25) is 0 Å². The number of hydrogen-bond donors (Lipinski definition) is 2. The van der Waals surface area contributed by atoms with Crippen LogP contribution in [0, 0.1) is 0 Å². The van der Waals surface area contributed by atoms with E-state index >= 15 is 0 Å². The molecule has 0 atom stereocenters. The number of ketones is 1. The number of rotatable bonds is 19. The number of amides is 1. The highest BCUT2D eigenvalue weighted by atomic mass is 79.9. The standard InChI is InChI=1S/C28H43BrN2O2/c1-2-3-4-5-6-7-8-9-10-11-12-13-14-15-16-17-20-30-28(33)27(32)25-22-31-26-19-18-23(29)21-24(25)26/h18-19,21-22,31H,2-17,20H2,1H3,(H,30,33). The van der Waals surface area contributed by atoms with Crippen molar-refractivity contribution in [2.45, 2.75) is 110 Å². The molecule has 2 aromatic rings. The molecule has 5 heteroatoms. The van der Waals surface area contributed by atoms with E-state index in [0.717, 1.165) is 28.2 Å². The van der Waals surface area contributed by atoms with Gasteiger partial charge in [0.15, 0.2) is 0 Å². The van der Waals surface area contributed by atoms with Crippen LogP contribution < -0.4 is 5.32 Å². The summed E-state index contributed by atoms with van der Waals surface area (Å²) in [6.45, 7) is 2.84. The number of unbranched alkanes of at least 4 members (excludes halogenated alkanes) is 15. The molecule has 184 valence electrons. The summed E-state index contributed by atoms with van der Waals surface area (Å²) >= 11 is 3.42. The zero-order valence-corrected chi connectivity index (χ0v) is 22.1. The van der Waals surface area contributed by atoms with Gasteiger partial charge in [0.05, 0.1) is 5.56 Å². The third kappa shape index (κ3) is 10.9. The summed E-state index contributed by atoms with van der Waals surface area (Å²) in [5.74, 6) is -0.993. The van der Waals surface area contributed by atoms with E-state index in [1.165, 1.54) is 89.9 Å². The Morgan fingerprint density at radius 1 is 0.788 bits per heavy atom. The zero-order chi connectivity index (χ0) is 23.7. The van der Waals surface area contributed by atoms with Gasteiger partial charge >= 0.3 is 0 Å². The number of hydrogen-bond acceptors (Lipinski definition) is 2. The van der Waals surface area contributed by atoms with Crippen LogP contribution in [0.1, 0.15) is 120 Å². The quantitative estimate of drug-likeness (QED) is 0.111. The van der Waals surface area contributed by atoms with E-state index < -0.39 is 11.7 Å². The molecule has 0 saturated heterocycles. The summed E-state index contributed by atoms with van der Waals surface area (Å²) in [6, 6.07) is 5.66. The highest BCUT2D eigenvalue weighted by molar-refractivity contribution is 9.10. The number of carbonyl (C=O) groups is 2. The summed E-state index contributed by atoms with van der Waals surface area (Å²) < 4.78 is 0.886. The van der Waals surface area contributed by atoms with Gasteiger partial charge in [-0.2, -0.15) is 0 Å². The number of benzene rings is 1. The fourth-order valence-corrected chi connectivity index (χ4v) is 4.72. The van der Waals surface area contributed by atoms with Crippen LogP contribution in [0.2, 0.25) is 0 Å². The van der Waals surface area contributed by atoms with Crippen molar-refractivity contribution in [3.8, 4) is 0 Å². The molecule has 1 amide bonds. The maximum absolute atomic E-state index is 12.5. The molecule has 0 fully saturated rings.